The fourth-order valence-electron chi connectivity index (χ4n) is 4.06. The minimum Gasteiger partial charge on any atom is -0.383 e. The Hall–Kier alpha value is -1.67. The summed E-state index contributed by atoms with van der Waals surface area (Å²) in [5.41, 5.74) is 0. The van der Waals surface area contributed by atoms with Crippen molar-refractivity contribution in [1.82, 2.24) is 19.6 Å². The van der Waals surface area contributed by atoms with E-state index in [1.165, 1.54) is 17.7 Å². The number of nitrogens with zero attached hydrogens (tertiary/aromatic N) is 4. The summed E-state index contributed by atoms with van der Waals surface area (Å²) in [6.07, 6.45) is 5.47. The van der Waals surface area contributed by atoms with Crippen LogP contribution in [-0.4, -0.2) is 103 Å². The van der Waals surface area contributed by atoms with Crippen molar-refractivity contribution >= 4 is 17.8 Å². The van der Waals surface area contributed by atoms with Crippen LogP contribution in [0.5, 0.6) is 0 Å². The van der Waals surface area contributed by atoms with Crippen LogP contribution in [0.25, 0.3) is 0 Å². The van der Waals surface area contributed by atoms with Crippen molar-refractivity contribution < 1.29 is 19.1 Å². The predicted molar refractivity (Wildman–Crippen MR) is 95.6 cm³/mol. The first-order valence-corrected chi connectivity index (χ1v) is 9.73. The molecule has 8 nitrogen and oxygen atoms in total. The molecule has 0 spiro atoms. The third kappa shape index (κ3) is 4.17. The van der Waals surface area contributed by atoms with Gasteiger partial charge in [-0.05, 0) is 32.4 Å². The van der Waals surface area contributed by atoms with E-state index < -0.39 is 6.04 Å². The number of amides is 4. The molecule has 0 saturated carbocycles. The molecular formula is C18H30N4O4. The average molecular weight is 366 g/mol. The number of hydrogen-bond donors (Lipinski definition) is 0. The second-order valence-electron chi connectivity index (χ2n) is 7.36. The normalized spacial score (nSPS) is 25.3. The van der Waals surface area contributed by atoms with Crippen molar-refractivity contribution in [2.24, 2.45) is 0 Å². The molecule has 0 N–H and O–H groups in total. The summed E-state index contributed by atoms with van der Waals surface area (Å²) in [5.74, 6) is -0.133. The van der Waals surface area contributed by atoms with Crippen molar-refractivity contribution in [3.05, 3.63) is 0 Å². The summed E-state index contributed by atoms with van der Waals surface area (Å²) in [6, 6.07) is -0.797. The number of methoxy groups -OCH3 is 1. The molecule has 1 unspecified atom stereocenters. The van der Waals surface area contributed by atoms with Crippen LogP contribution in [0.2, 0.25) is 0 Å². The number of rotatable bonds is 5. The zero-order chi connectivity index (χ0) is 18.5. The molecule has 0 aromatic carbocycles. The van der Waals surface area contributed by atoms with Crippen LogP contribution in [0, 0.1) is 0 Å². The van der Waals surface area contributed by atoms with Gasteiger partial charge in [-0.2, -0.15) is 0 Å². The SMILES string of the molecule is COCCN1C(=O)C2CN(C(=O)CN3CCCCCC3)CCCN2C1=O. The maximum Gasteiger partial charge on any atom is 0.327 e. The van der Waals surface area contributed by atoms with E-state index >= 15 is 0 Å². The van der Waals surface area contributed by atoms with Crippen LogP contribution in [0.15, 0.2) is 0 Å². The molecule has 0 aromatic heterocycles. The molecule has 3 rings (SSSR count). The molecule has 0 aromatic rings. The van der Waals surface area contributed by atoms with E-state index in [2.05, 4.69) is 4.90 Å². The summed E-state index contributed by atoms with van der Waals surface area (Å²) in [6.45, 7) is 4.39. The maximum absolute atomic E-state index is 12.8. The summed E-state index contributed by atoms with van der Waals surface area (Å²) in [7, 11) is 1.55. The zero-order valence-corrected chi connectivity index (χ0v) is 15.7. The Morgan fingerprint density at radius 3 is 2.46 bits per heavy atom. The molecule has 3 aliphatic rings. The summed E-state index contributed by atoms with van der Waals surface area (Å²) in [4.78, 5) is 44.9. The van der Waals surface area contributed by atoms with Crippen molar-refractivity contribution in [2.75, 3.05) is 59.5 Å². The summed E-state index contributed by atoms with van der Waals surface area (Å²) < 4.78 is 5.00. The van der Waals surface area contributed by atoms with Crippen molar-refractivity contribution in [1.29, 1.82) is 0 Å². The van der Waals surface area contributed by atoms with E-state index in [1.807, 2.05) is 0 Å². The molecule has 0 aliphatic carbocycles. The van der Waals surface area contributed by atoms with Gasteiger partial charge in [-0.15, -0.1) is 0 Å². The second-order valence-corrected chi connectivity index (χ2v) is 7.36. The number of carbonyl (C=O) groups excluding carboxylic acids is 3. The van der Waals surface area contributed by atoms with Gasteiger partial charge in [-0.1, -0.05) is 12.8 Å². The van der Waals surface area contributed by atoms with Crippen LogP contribution in [0.3, 0.4) is 0 Å². The van der Waals surface area contributed by atoms with Crippen LogP contribution in [0.1, 0.15) is 32.1 Å². The van der Waals surface area contributed by atoms with Gasteiger partial charge in [0.1, 0.15) is 6.04 Å². The largest absolute Gasteiger partial charge is 0.383 e. The molecular weight excluding hydrogens is 336 g/mol. The standard InChI is InChI=1S/C18H30N4O4/c1-26-12-11-22-17(24)15-13-20(9-6-10-21(15)18(22)25)16(23)14-19-7-4-2-3-5-8-19/h15H,2-14H2,1H3. The second kappa shape index (κ2) is 8.81. The number of fused-ring (bicyclic) bond motifs is 1. The molecule has 4 amide bonds. The molecule has 0 bridgehead atoms. The predicted octanol–water partition coefficient (Wildman–Crippen LogP) is 0.374. The quantitative estimate of drug-likeness (QED) is 0.658. The van der Waals surface area contributed by atoms with E-state index in [1.54, 1.807) is 16.9 Å². The van der Waals surface area contributed by atoms with E-state index in [-0.39, 0.29) is 24.4 Å². The number of hydrogen-bond acceptors (Lipinski definition) is 5. The summed E-state index contributed by atoms with van der Waals surface area (Å²) >= 11 is 0. The van der Waals surface area contributed by atoms with Gasteiger partial charge in [-0.25, -0.2) is 4.79 Å². The molecule has 146 valence electrons. The Morgan fingerprint density at radius 1 is 1.04 bits per heavy atom. The van der Waals surface area contributed by atoms with Gasteiger partial charge >= 0.3 is 6.03 Å². The van der Waals surface area contributed by atoms with E-state index in [0.717, 1.165) is 25.9 Å². The lowest BCUT2D eigenvalue weighted by Crippen LogP contribution is -2.47. The highest BCUT2D eigenvalue weighted by molar-refractivity contribution is 6.04. The minimum absolute atomic E-state index is 0.0735. The average Bonchev–Trinajstić information content (AvgIpc) is 2.91. The van der Waals surface area contributed by atoms with Gasteiger partial charge in [0, 0.05) is 20.2 Å². The molecule has 8 heteroatoms. The molecule has 26 heavy (non-hydrogen) atoms. The molecule has 0 radical (unpaired) electrons. The van der Waals surface area contributed by atoms with Gasteiger partial charge in [0.15, 0.2) is 0 Å². The maximum atomic E-state index is 12.8. The van der Waals surface area contributed by atoms with Crippen molar-refractivity contribution in [2.45, 2.75) is 38.1 Å². The Labute approximate surface area is 155 Å². The highest BCUT2D eigenvalue weighted by Gasteiger charge is 2.46. The number of urea groups is 1. The highest BCUT2D eigenvalue weighted by atomic mass is 16.5. The van der Waals surface area contributed by atoms with Crippen molar-refractivity contribution in [3.63, 3.8) is 0 Å². The fourth-order valence-corrected chi connectivity index (χ4v) is 4.06. The molecule has 3 fully saturated rings. The molecule has 3 heterocycles. The highest BCUT2D eigenvalue weighted by Crippen LogP contribution is 2.22. The van der Waals surface area contributed by atoms with Gasteiger partial charge in [0.25, 0.3) is 5.91 Å². The topological polar surface area (TPSA) is 73.4 Å². The third-order valence-corrected chi connectivity index (χ3v) is 5.55. The lowest BCUT2D eigenvalue weighted by molar-refractivity contribution is -0.134. The Balaban J connectivity index is 1.61. The van der Waals surface area contributed by atoms with Crippen LogP contribution < -0.4 is 0 Å². The first kappa shape index (κ1) is 19.1. The number of likely N-dealkylation sites (tertiary alicyclic amines) is 1. The third-order valence-electron chi connectivity index (χ3n) is 5.55. The van der Waals surface area contributed by atoms with Crippen LogP contribution in [-0.2, 0) is 14.3 Å². The van der Waals surface area contributed by atoms with E-state index in [9.17, 15) is 14.4 Å². The molecule has 3 aliphatic heterocycles. The lowest BCUT2D eigenvalue weighted by atomic mass is 10.2. The van der Waals surface area contributed by atoms with Crippen molar-refractivity contribution in [3.8, 4) is 0 Å². The number of ether oxygens (including phenoxy) is 1. The van der Waals surface area contributed by atoms with Crippen LogP contribution in [0.4, 0.5) is 4.79 Å². The molecule has 3 saturated heterocycles. The van der Waals surface area contributed by atoms with Crippen LogP contribution >= 0.6 is 0 Å². The fraction of sp³-hybridized carbons (Fsp3) is 0.833. The number of imide groups is 1. The zero-order valence-electron chi connectivity index (χ0n) is 15.7. The first-order valence-electron chi connectivity index (χ1n) is 9.73. The lowest BCUT2D eigenvalue weighted by Gasteiger charge is -2.27. The Bertz CT molecular complexity index is 533. The van der Waals surface area contributed by atoms with E-state index in [4.69, 9.17) is 4.74 Å². The van der Waals surface area contributed by atoms with E-state index in [0.29, 0.717) is 39.2 Å². The van der Waals surface area contributed by atoms with Gasteiger partial charge in [0.2, 0.25) is 5.91 Å². The minimum atomic E-state index is -0.546. The van der Waals surface area contributed by atoms with Gasteiger partial charge in [-0.3, -0.25) is 19.4 Å². The monoisotopic (exact) mass is 366 g/mol. The molecule has 1 atom stereocenters. The first-order chi connectivity index (χ1) is 12.6. The van der Waals surface area contributed by atoms with Gasteiger partial charge < -0.3 is 14.5 Å². The Morgan fingerprint density at radius 2 is 1.77 bits per heavy atom. The summed E-state index contributed by atoms with van der Waals surface area (Å²) in [5, 5.41) is 0. The van der Waals surface area contributed by atoms with Gasteiger partial charge in [0.05, 0.1) is 26.2 Å². The smallest absolute Gasteiger partial charge is 0.327 e. The number of carbonyl (C=O) groups is 3. The Kier molecular flexibility index (Phi) is 6.48.